The molecular weight excluding hydrogens is 339 g/mol. The molecule has 1 unspecified atom stereocenters. The summed E-state index contributed by atoms with van der Waals surface area (Å²) in [4.78, 5) is 32.6. The number of benzene rings is 1. The van der Waals surface area contributed by atoms with Crippen molar-refractivity contribution < 1.29 is 37.5 Å². The largest absolute Gasteiger partial charge is 0.506 e. The van der Waals surface area contributed by atoms with Gasteiger partial charge in [-0.3, -0.25) is 14.9 Å². The van der Waals surface area contributed by atoms with Gasteiger partial charge in [0, 0.05) is 12.1 Å². The molecule has 1 aromatic rings. The number of hydrazine groups is 1. The number of nitrogens with zero attached hydrogens (tertiary/aromatic N) is 1. The van der Waals surface area contributed by atoms with Crippen LogP contribution in [0.5, 0.6) is 5.75 Å². The van der Waals surface area contributed by atoms with Gasteiger partial charge in [0.1, 0.15) is 5.75 Å². The maximum atomic E-state index is 12.5. The van der Waals surface area contributed by atoms with E-state index in [1.165, 1.54) is 6.92 Å². The van der Waals surface area contributed by atoms with Crippen LogP contribution in [0.1, 0.15) is 6.92 Å². The zero-order chi connectivity index (χ0) is 18.5. The second-order valence-corrected chi connectivity index (χ2v) is 4.27. The lowest BCUT2D eigenvalue weighted by Crippen LogP contribution is -2.52. The third-order valence-corrected chi connectivity index (χ3v) is 2.61. The van der Waals surface area contributed by atoms with Crippen molar-refractivity contribution in [3.05, 3.63) is 28.3 Å². The Labute approximate surface area is 132 Å². The minimum Gasteiger partial charge on any atom is -0.506 e. The van der Waals surface area contributed by atoms with Crippen LogP contribution in [0.4, 0.5) is 24.5 Å². The molecule has 0 aromatic heterocycles. The third kappa shape index (κ3) is 4.81. The van der Waals surface area contributed by atoms with Crippen molar-refractivity contribution in [2.75, 3.05) is 12.0 Å². The monoisotopic (exact) mass is 351 g/mol. The molecule has 0 amide bonds. The predicted molar refractivity (Wildman–Crippen MR) is 73.0 cm³/mol. The summed E-state index contributed by atoms with van der Waals surface area (Å²) in [7, 11) is 0. The van der Waals surface area contributed by atoms with Crippen molar-refractivity contribution in [1.29, 1.82) is 0 Å². The van der Waals surface area contributed by atoms with Gasteiger partial charge in [-0.1, -0.05) is 0 Å². The number of phenols is 1. The lowest BCUT2D eigenvalue weighted by atomic mass is 10.2. The highest BCUT2D eigenvalue weighted by Gasteiger charge is 2.47. The number of esters is 1. The summed E-state index contributed by atoms with van der Waals surface area (Å²) in [5.74, 6) is -4.49. The molecule has 0 heterocycles. The first kappa shape index (κ1) is 19.2. The lowest BCUT2D eigenvalue weighted by molar-refractivity contribution is -0.384. The second kappa shape index (κ2) is 7.59. The standard InChI is InChI=1S/C12H12F3N3O6/c1-2-24-11(21)9(10(20)12(13,14)15)17-16-7-5-6(18(22)23)3-4-8(7)19/h3-5,9,16-17,19H,2H2,1H3. The SMILES string of the molecule is CCOC(=O)C(NNc1cc([N+](=O)[O-])ccc1O)C(=O)C(F)(F)F. The summed E-state index contributed by atoms with van der Waals surface area (Å²) < 4.78 is 41.9. The number of anilines is 1. The average Bonchev–Trinajstić information content (AvgIpc) is 2.48. The zero-order valence-electron chi connectivity index (χ0n) is 12.1. The van der Waals surface area contributed by atoms with Crippen LogP contribution < -0.4 is 10.9 Å². The van der Waals surface area contributed by atoms with Gasteiger partial charge < -0.3 is 15.3 Å². The fraction of sp³-hybridized carbons (Fsp3) is 0.333. The second-order valence-electron chi connectivity index (χ2n) is 4.27. The number of halogens is 3. The van der Waals surface area contributed by atoms with Gasteiger partial charge in [-0.15, -0.1) is 0 Å². The Bertz CT molecular complexity index is 649. The van der Waals surface area contributed by atoms with E-state index in [1.807, 2.05) is 5.43 Å². The normalized spacial score (nSPS) is 12.3. The molecule has 0 saturated carbocycles. The van der Waals surface area contributed by atoms with Crippen LogP contribution in [0.2, 0.25) is 0 Å². The predicted octanol–water partition coefficient (Wildman–Crippen LogP) is 1.28. The minimum atomic E-state index is -5.32. The minimum absolute atomic E-state index is 0.274. The molecule has 12 heteroatoms. The molecule has 0 aliphatic heterocycles. The highest BCUT2D eigenvalue weighted by molar-refractivity contribution is 6.05. The molecule has 0 aliphatic rings. The van der Waals surface area contributed by atoms with E-state index in [9.17, 15) is 38.0 Å². The van der Waals surface area contributed by atoms with Crippen molar-refractivity contribution in [2.24, 2.45) is 0 Å². The molecule has 132 valence electrons. The highest BCUT2D eigenvalue weighted by Crippen LogP contribution is 2.27. The van der Waals surface area contributed by atoms with Gasteiger partial charge in [-0.05, 0) is 13.0 Å². The Hall–Kier alpha value is -2.89. The molecule has 1 aromatic carbocycles. The van der Waals surface area contributed by atoms with E-state index < -0.39 is 46.0 Å². The number of alkyl halides is 3. The van der Waals surface area contributed by atoms with Crippen LogP contribution in [0.25, 0.3) is 0 Å². The van der Waals surface area contributed by atoms with E-state index in [0.29, 0.717) is 0 Å². The number of carbonyl (C=O) groups is 2. The van der Waals surface area contributed by atoms with Gasteiger partial charge in [-0.2, -0.15) is 13.2 Å². The molecule has 0 radical (unpaired) electrons. The molecule has 0 fully saturated rings. The van der Waals surface area contributed by atoms with E-state index in [-0.39, 0.29) is 6.61 Å². The Morgan fingerprint density at radius 2 is 2.04 bits per heavy atom. The number of non-ortho nitro benzene ring substituents is 1. The van der Waals surface area contributed by atoms with Gasteiger partial charge in [0.25, 0.3) is 11.5 Å². The molecule has 3 N–H and O–H groups in total. The third-order valence-electron chi connectivity index (χ3n) is 2.61. The van der Waals surface area contributed by atoms with E-state index in [2.05, 4.69) is 4.74 Å². The van der Waals surface area contributed by atoms with Crippen molar-refractivity contribution in [2.45, 2.75) is 19.1 Å². The summed E-state index contributed by atoms with van der Waals surface area (Å²) in [6, 6.07) is 0.198. The Kier molecular flexibility index (Phi) is 6.06. The zero-order valence-corrected chi connectivity index (χ0v) is 12.1. The lowest BCUT2D eigenvalue weighted by Gasteiger charge is -2.19. The molecule has 24 heavy (non-hydrogen) atoms. The van der Waals surface area contributed by atoms with Crippen LogP contribution >= 0.6 is 0 Å². The number of nitrogens with one attached hydrogen (secondary N) is 2. The first-order chi connectivity index (χ1) is 11.1. The van der Waals surface area contributed by atoms with Crippen molar-refractivity contribution in [3.63, 3.8) is 0 Å². The average molecular weight is 351 g/mol. The topological polar surface area (TPSA) is 131 Å². The highest BCUT2D eigenvalue weighted by atomic mass is 19.4. The van der Waals surface area contributed by atoms with Gasteiger partial charge in [-0.25, -0.2) is 10.2 Å². The molecule has 0 saturated heterocycles. The number of ether oxygens (including phenoxy) is 1. The fourth-order valence-corrected chi connectivity index (χ4v) is 1.51. The Morgan fingerprint density at radius 3 is 2.54 bits per heavy atom. The molecule has 1 rings (SSSR count). The quantitative estimate of drug-likeness (QED) is 0.220. The van der Waals surface area contributed by atoms with Gasteiger partial charge in [0.15, 0.2) is 6.04 Å². The molecule has 0 bridgehead atoms. The summed E-state index contributed by atoms with van der Waals surface area (Å²) >= 11 is 0. The summed E-state index contributed by atoms with van der Waals surface area (Å²) in [6.07, 6.45) is -5.32. The summed E-state index contributed by atoms with van der Waals surface area (Å²) in [6.45, 7) is 1.05. The van der Waals surface area contributed by atoms with Crippen LogP contribution in [-0.4, -0.2) is 40.6 Å². The number of nitro groups is 1. The van der Waals surface area contributed by atoms with Crippen LogP contribution in [0.15, 0.2) is 18.2 Å². The Morgan fingerprint density at radius 1 is 1.42 bits per heavy atom. The number of Topliss-reactive ketones (excluding diaryl/α,β-unsaturated/α-hetero) is 1. The molecule has 0 spiro atoms. The molecule has 0 aliphatic carbocycles. The number of hydrogen-bond donors (Lipinski definition) is 3. The first-order valence-electron chi connectivity index (χ1n) is 6.34. The van der Waals surface area contributed by atoms with E-state index in [4.69, 9.17) is 0 Å². The van der Waals surface area contributed by atoms with Gasteiger partial charge in [0.05, 0.1) is 17.2 Å². The maximum absolute atomic E-state index is 12.5. The van der Waals surface area contributed by atoms with E-state index in [0.717, 1.165) is 18.2 Å². The Balaban J connectivity index is 3.00. The summed E-state index contributed by atoms with van der Waals surface area (Å²) in [5, 5.41) is 20.2. The number of phenolic OH excluding ortho intramolecular Hbond substituents is 1. The maximum Gasteiger partial charge on any atom is 0.452 e. The first-order valence-corrected chi connectivity index (χ1v) is 6.34. The molecule has 1 atom stereocenters. The number of carbonyl (C=O) groups excluding carboxylic acids is 2. The molecular formula is C12H12F3N3O6. The van der Waals surface area contributed by atoms with E-state index >= 15 is 0 Å². The van der Waals surface area contributed by atoms with Gasteiger partial charge in [0.2, 0.25) is 0 Å². The smallest absolute Gasteiger partial charge is 0.452 e. The van der Waals surface area contributed by atoms with Crippen molar-refractivity contribution in [3.8, 4) is 5.75 Å². The number of ketones is 1. The van der Waals surface area contributed by atoms with Gasteiger partial charge >= 0.3 is 12.1 Å². The van der Waals surface area contributed by atoms with Crippen LogP contribution in [-0.2, 0) is 14.3 Å². The molecule has 9 nitrogen and oxygen atoms in total. The van der Waals surface area contributed by atoms with E-state index in [1.54, 1.807) is 5.43 Å². The van der Waals surface area contributed by atoms with Crippen molar-refractivity contribution >= 4 is 23.1 Å². The number of nitro benzene ring substituents is 1. The summed E-state index contributed by atoms with van der Waals surface area (Å²) in [5.41, 5.74) is 2.84. The fourth-order valence-electron chi connectivity index (χ4n) is 1.51. The van der Waals surface area contributed by atoms with Crippen LogP contribution in [0, 0.1) is 10.1 Å². The number of hydrogen-bond acceptors (Lipinski definition) is 8. The number of rotatable bonds is 7. The van der Waals surface area contributed by atoms with Crippen molar-refractivity contribution in [1.82, 2.24) is 5.43 Å². The van der Waals surface area contributed by atoms with Crippen LogP contribution in [0.3, 0.4) is 0 Å². The number of aromatic hydroxyl groups is 1.